The molecule has 2 heterocycles. The van der Waals surface area contributed by atoms with Crippen LogP contribution in [-0.2, 0) is 20.0 Å². The Balaban J connectivity index is 1.70. The Labute approximate surface area is 167 Å². The first-order valence-corrected chi connectivity index (χ1v) is 9.44. The summed E-state index contributed by atoms with van der Waals surface area (Å²) in [7, 11) is 1.62. The van der Waals surface area contributed by atoms with Crippen LogP contribution >= 0.6 is 0 Å². The van der Waals surface area contributed by atoms with Gasteiger partial charge in [-0.3, -0.25) is 9.59 Å². The van der Waals surface area contributed by atoms with Crippen molar-refractivity contribution in [3.8, 4) is 5.69 Å². The van der Waals surface area contributed by atoms with Crippen molar-refractivity contribution in [1.82, 2.24) is 24.6 Å². The van der Waals surface area contributed by atoms with Crippen molar-refractivity contribution in [2.45, 2.75) is 19.9 Å². The van der Waals surface area contributed by atoms with Gasteiger partial charge in [0.05, 0.1) is 12.0 Å². The zero-order valence-corrected chi connectivity index (χ0v) is 16.3. The van der Waals surface area contributed by atoms with Crippen molar-refractivity contribution in [1.29, 1.82) is 0 Å². The van der Waals surface area contributed by atoms with Crippen LogP contribution in [0.2, 0.25) is 0 Å². The fourth-order valence-electron chi connectivity index (χ4n) is 3.16. The van der Waals surface area contributed by atoms with E-state index in [4.69, 9.17) is 0 Å². The van der Waals surface area contributed by atoms with Gasteiger partial charge in [0.1, 0.15) is 5.52 Å². The van der Waals surface area contributed by atoms with Gasteiger partial charge < -0.3 is 9.88 Å². The molecular formula is C22H21N5O2. The molecule has 7 nitrogen and oxygen atoms in total. The van der Waals surface area contributed by atoms with E-state index in [0.29, 0.717) is 12.2 Å². The minimum absolute atomic E-state index is 0.131. The molecule has 0 spiro atoms. The third-order valence-electron chi connectivity index (χ3n) is 4.84. The fourth-order valence-corrected chi connectivity index (χ4v) is 3.16. The van der Waals surface area contributed by atoms with Crippen LogP contribution in [0.1, 0.15) is 28.5 Å². The monoisotopic (exact) mass is 387 g/mol. The van der Waals surface area contributed by atoms with Crippen LogP contribution in [0.5, 0.6) is 0 Å². The summed E-state index contributed by atoms with van der Waals surface area (Å²) in [5.41, 5.74) is 3.36. The van der Waals surface area contributed by atoms with Gasteiger partial charge in [0.25, 0.3) is 11.5 Å². The number of aryl methyl sites for hydroxylation is 2. The molecule has 0 saturated carbocycles. The van der Waals surface area contributed by atoms with E-state index in [2.05, 4.69) is 22.3 Å². The van der Waals surface area contributed by atoms with E-state index in [-0.39, 0.29) is 28.2 Å². The van der Waals surface area contributed by atoms with Crippen molar-refractivity contribution in [2.24, 2.45) is 7.05 Å². The smallest absolute Gasteiger partial charge is 0.279 e. The van der Waals surface area contributed by atoms with Gasteiger partial charge in [-0.25, -0.2) is 9.67 Å². The molecule has 2 aromatic heterocycles. The quantitative estimate of drug-likeness (QED) is 0.571. The summed E-state index contributed by atoms with van der Waals surface area (Å²) in [6.07, 6.45) is 2.37. The fraction of sp³-hybridized carbons (Fsp3) is 0.182. The lowest BCUT2D eigenvalue weighted by molar-refractivity contribution is 0.0947. The van der Waals surface area contributed by atoms with Gasteiger partial charge in [0, 0.05) is 13.6 Å². The molecule has 2 aromatic carbocycles. The van der Waals surface area contributed by atoms with Crippen molar-refractivity contribution in [2.75, 3.05) is 0 Å². The van der Waals surface area contributed by atoms with Crippen LogP contribution in [0.25, 0.3) is 16.7 Å². The van der Waals surface area contributed by atoms with E-state index in [0.717, 1.165) is 12.0 Å². The molecule has 4 aromatic rings. The first kappa shape index (κ1) is 18.6. The number of carbonyl (C=O) groups is 1. The second-order valence-corrected chi connectivity index (χ2v) is 6.81. The largest absolute Gasteiger partial charge is 0.346 e. The Kier molecular flexibility index (Phi) is 4.95. The average molecular weight is 387 g/mol. The summed E-state index contributed by atoms with van der Waals surface area (Å²) >= 11 is 0. The summed E-state index contributed by atoms with van der Waals surface area (Å²) in [5, 5.41) is 7.31. The maximum Gasteiger partial charge on any atom is 0.279 e. The highest BCUT2D eigenvalue weighted by Gasteiger charge is 2.22. The highest BCUT2D eigenvalue weighted by molar-refractivity contribution is 6.03. The molecule has 0 aliphatic heterocycles. The Hall–Kier alpha value is -3.74. The number of fused-ring (bicyclic) bond motifs is 1. The number of carbonyl (C=O) groups excluding carboxylic acids is 1. The molecule has 0 atom stereocenters. The van der Waals surface area contributed by atoms with Crippen LogP contribution in [0.15, 0.2) is 65.7 Å². The lowest BCUT2D eigenvalue weighted by Gasteiger charge is -2.05. The highest BCUT2D eigenvalue weighted by Crippen LogP contribution is 2.17. The van der Waals surface area contributed by atoms with E-state index in [1.807, 2.05) is 54.6 Å². The minimum atomic E-state index is -0.370. The van der Waals surface area contributed by atoms with Gasteiger partial charge in [0.15, 0.2) is 11.2 Å². The Bertz CT molecular complexity index is 1220. The summed E-state index contributed by atoms with van der Waals surface area (Å²) in [6, 6.07) is 17.3. The predicted molar refractivity (Wildman–Crippen MR) is 111 cm³/mol. The molecule has 0 fully saturated rings. The van der Waals surface area contributed by atoms with Gasteiger partial charge in [-0.1, -0.05) is 49.4 Å². The normalized spacial score (nSPS) is 11.0. The summed E-state index contributed by atoms with van der Waals surface area (Å²) in [5.74, 6) is -0.370. The van der Waals surface area contributed by atoms with E-state index in [1.165, 1.54) is 21.1 Å². The van der Waals surface area contributed by atoms with Crippen molar-refractivity contribution in [3.63, 3.8) is 0 Å². The summed E-state index contributed by atoms with van der Waals surface area (Å²) in [4.78, 5) is 29.9. The van der Waals surface area contributed by atoms with E-state index < -0.39 is 0 Å². The molecule has 7 heteroatoms. The standard InChI is InChI=1S/C22H21N5O2/c1-3-15-9-11-16(12-10-15)13-23-21(28)19-18-20(22(29)26(2)14-24-18)27(25-19)17-7-5-4-6-8-17/h4-12,14H,3,13H2,1-2H3,(H,23,28). The van der Waals surface area contributed by atoms with E-state index in [1.54, 1.807) is 7.05 Å². The lowest BCUT2D eigenvalue weighted by Crippen LogP contribution is -2.24. The van der Waals surface area contributed by atoms with Crippen LogP contribution in [0.3, 0.4) is 0 Å². The number of nitrogens with zero attached hydrogens (tertiary/aromatic N) is 4. The second kappa shape index (κ2) is 7.71. The number of aromatic nitrogens is 4. The second-order valence-electron chi connectivity index (χ2n) is 6.81. The molecule has 146 valence electrons. The SMILES string of the molecule is CCc1ccc(CNC(=O)c2nn(-c3ccccc3)c3c(=O)n(C)cnc23)cc1. The van der Waals surface area contributed by atoms with Gasteiger partial charge in [-0.15, -0.1) is 0 Å². The molecule has 1 N–H and O–H groups in total. The van der Waals surface area contributed by atoms with E-state index >= 15 is 0 Å². The molecule has 0 aliphatic carbocycles. The number of hydrogen-bond donors (Lipinski definition) is 1. The van der Waals surface area contributed by atoms with Crippen molar-refractivity contribution >= 4 is 16.9 Å². The molecule has 4 rings (SSSR count). The third-order valence-corrected chi connectivity index (χ3v) is 4.84. The van der Waals surface area contributed by atoms with Crippen LogP contribution < -0.4 is 10.9 Å². The number of para-hydroxylation sites is 1. The number of nitrogens with one attached hydrogen (secondary N) is 1. The van der Waals surface area contributed by atoms with Gasteiger partial charge >= 0.3 is 0 Å². The Morgan fingerprint density at radius 2 is 1.72 bits per heavy atom. The number of rotatable bonds is 5. The van der Waals surface area contributed by atoms with Gasteiger partial charge in [0.2, 0.25) is 0 Å². The first-order valence-electron chi connectivity index (χ1n) is 9.44. The van der Waals surface area contributed by atoms with Crippen LogP contribution in [0.4, 0.5) is 0 Å². The van der Waals surface area contributed by atoms with Crippen molar-refractivity contribution < 1.29 is 4.79 Å². The lowest BCUT2D eigenvalue weighted by atomic mass is 10.1. The molecule has 0 saturated heterocycles. The molecule has 29 heavy (non-hydrogen) atoms. The minimum Gasteiger partial charge on any atom is -0.346 e. The molecule has 0 radical (unpaired) electrons. The molecule has 1 amide bonds. The molecule has 0 bridgehead atoms. The third kappa shape index (κ3) is 3.54. The maximum atomic E-state index is 12.9. The average Bonchev–Trinajstić information content (AvgIpc) is 3.16. The number of amides is 1. The first-order chi connectivity index (χ1) is 14.1. The number of hydrogen-bond acceptors (Lipinski definition) is 4. The Morgan fingerprint density at radius 1 is 1.03 bits per heavy atom. The Morgan fingerprint density at radius 3 is 2.41 bits per heavy atom. The topological polar surface area (TPSA) is 81.8 Å². The molecular weight excluding hydrogens is 366 g/mol. The number of benzene rings is 2. The highest BCUT2D eigenvalue weighted by atomic mass is 16.2. The maximum absolute atomic E-state index is 12.9. The predicted octanol–water partition coefficient (Wildman–Crippen LogP) is 2.61. The summed E-state index contributed by atoms with van der Waals surface area (Å²) in [6.45, 7) is 2.47. The van der Waals surface area contributed by atoms with Crippen molar-refractivity contribution in [3.05, 3.63) is 88.1 Å². The van der Waals surface area contributed by atoms with Crippen LogP contribution in [0, 0.1) is 0 Å². The van der Waals surface area contributed by atoms with Crippen LogP contribution in [-0.4, -0.2) is 25.2 Å². The molecule has 0 aliphatic rings. The zero-order valence-electron chi connectivity index (χ0n) is 16.3. The van der Waals surface area contributed by atoms with E-state index in [9.17, 15) is 9.59 Å². The molecule has 0 unspecified atom stereocenters. The van der Waals surface area contributed by atoms with Gasteiger partial charge in [-0.05, 0) is 29.7 Å². The summed E-state index contributed by atoms with van der Waals surface area (Å²) < 4.78 is 2.86. The zero-order chi connectivity index (χ0) is 20.4. The van der Waals surface area contributed by atoms with Gasteiger partial charge in [-0.2, -0.15) is 5.10 Å².